The van der Waals surface area contributed by atoms with Crippen molar-refractivity contribution < 1.29 is 14.3 Å². The molecule has 198 valence electrons. The van der Waals surface area contributed by atoms with Crippen LogP contribution in [0.3, 0.4) is 0 Å². The average Bonchev–Trinajstić information content (AvgIpc) is 3.49. The predicted octanol–water partition coefficient (Wildman–Crippen LogP) is 3.96. The monoisotopic (exact) mass is 554 g/mol. The van der Waals surface area contributed by atoms with Gasteiger partial charge in [-0.3, -0.25) is 9.79 Å². The third-order valence-corrected chi connectivity index (χ3v) is 9.16. The summed E-state index contributed by atoms with van der Waals surface area (Å²) in [6.07, 6.45) is 2.56. The quantitative estimate of drug-likeness (QED) is 0.467. The van der Waals surface area contributed by atoms with Gasteiger partial charge in [-0.25, -0.2) is 24.3 Å². The van der Waals surface area contributed by atoms with Crippen LogP contribution in [0.4, 0.5) is 21.3 Å². The number of nitrogens with zero attached hydrogens (tertiary/aromatic N) is 7. The molecule has 3 aromatic heterocycles. The van der Waals surface area contributed by atoms with E-state index in [1.807, 2.05) is 16.7 Å². The van der Waals surface area contributed by atoms with E-state index in [1.54, 1.807) is 30.1 Å². The lowest BCUT2D eigenvalue weighted by Crippen LogP contribution is -2.70. The topological polar surface area (TPSA) is 120 Å². The van der Waals surface area contributed by atoms with Crippen molar-refractivity contribution in [1.82, 2.24) is 24.8 Å². The van der Waals surface area contributed by atoms with E-state index in [2.05, 4.69) is 37.6 Å². The minimum atomic E-state index is -1.02. The van der Waals surface area contributed by atoms with Gasteiger partial charge in [-0.05, 0) is 39.3 Å². The molecule has 13 heteroatoms. The Morgan fingerprint density at radius 1 is 1.21 bits per heavy atom. The number of thioether (sulfide) groups is 1. The van der Waals surface area contributed by atoms with Gasteiger partial charge in [0.1, 0.15) is 11.5 Å². The zero-order chi connectivity index (χ0) is 26.6. The molecule has 10 nitrogen and oxygen atoms in total. The molecule has 38 heavy (non-hydrogen) atoms. The highest BCUT2D eigenvalue weighted by molar-refractivity contribution is 8.14. The molecule has 2 N–H and O–H groups in total. The molecule has 0 saturated carbocycles. The molecule has 7 rings (SSSR count). The van der Waals surface area contributed by atoms with Crippen molar-refractivity contribution in [3.63, 3.8) is 0 Å². The summed E-state index contributed by atoms with van der Waals surface area (Å²) in [6, 6.07) is 3.80. The number of carbonyl (C=O) groups excluding carboxylic acids is 1. The van der Waals surface area contributed by atoms with Crippen molar-refractivity contribution in [2.45, 2.75) is 56.7 Å². The number of hydrogen-bond acceptors (Lipinski definition) is 11. The molecule has 5 atom stereocenters. The fraction of sp³-hybridized carbons (Fsp3) is 0.440. The van der Waals surface area contributed by atoms with Crippen LogP contribution in [0.5, 0.6) is 0 Å². The summed E-state index contributed by atoms with van der Waals surface area (Å²) >= 11 is 3.27. The molecule has 4 aliphatic heterocycles. The van der Waals surface area contributed by atoms with Crippen molar-refractivity contribution in [3.8, 4) is 0 Å². The number of fused-ring (bicyclic) bond motifs is 2. The Bertz CT molecular complexity index is 1390. The number of carbonyl (C=O) groups is 1. The van der Waals surface area contributed by atoms with E-state index in [0.29, 0.717) is 30.4 Å². The Balaban J connectivity index is 1.08. The third kappa shape index (κ3) is 4.63. The van der Waals surface area contributed by atoms with Gasteiger partial charge in [0, 0.05) is 24.7 Å². The molecule has 0 radical (unpaired) electrons. The van der Waals surface area contributed by atoms with Crippen LogP contribution in [0.15, 0.2) is 34.9 Å². The molecule has 4 aliphatic rings. The van der Waals surface area contributed by atoms with Gasteiger partial charge in [-0.1, -0.05) is 11.8 Å². The Hall–Kier alpha value is -3.16. The van der Waals surface area contributed by atoms with Gasteiger partial charge >= 0.3 is 0 Å². The lowest BCUT2D eigenvalue weighted by molar-refractivity contribution is 0.00552. The van der Waals surface area contributed by atoms with E-state index >= 15 is 0 Å². The first-order valence-electron chi connectivity index (χ1n) is 12.4. The number of pyridine rings is 1. The molecular formula is C25H27FN8O2S2. The molecular weight excluding hydrogens is 527 g/mol. The summed E-state index contributed by atoms with van der Waals surface area (Å²) in [4.78, 5) is 39.2. The third-order valence-electron chi connectivity index (χ3n) is 7.04. The number of piperazine rings is 1. The molecule has 0 aromatic carbocycles. The average molecular weight is 555 g/mol. The molecule has 3 unspecified atom stereocenters. The van der Waals surface area contributed by atoms with E-state index < -0.39 is 11.9 Å². The Morgan fingerprint density at radius 2 is 2.00 bits per heavy atom. The highest BCUT2D eigenvalue weighted by Gasteiger charge is 2.48. The van der Waals surface area contributed by atoms with Crippen LogP contribution >= 0.6 is 23.1 Å². The largest absolute Gasteiger partial charge is 0.387 e. The highest BCUT2D eigenvalue weighted by Crippen LogP contribution is 2.41. The van der Waals surface area contributed by atoms with Gasteiger partial charge in [0.2, 0.25) is 5.95 Å². The van der Waals surface area contributed by atoms with Crippen molar-refractivity contribution in [2.75, 3.05) is 23.3 Å². The summed E-state index contributed by atoms with van der Waals surface area (Å²) < 4.78 is 13.9. The number of hydrogen-bond donors (Lipinski definition) is 2. The van der Waals surface area contributed by atoms with Gasteiger partial charge in [0.15, 0.2) is 10.9 Å². The number of piperidine rings is 1. The zero-order valence-electron chi connectivity index (χ0n) is 21.1. The van der Waals surface area contributed by atoms with Crippen molar-refractivity contribution in [3.05, 3.63) is 52.7 Å². The SMILES string of the molecule is CC1=NC(C)C(c2csc(Nc3ccc(C(=O)N4[C@@H]5C[C@H]4CN(c4ncc(F)c(C(C)O)n4)C5)cn3)n2)S1. The van der Waals surface area contributed by atoms with Crippen LogP contribution in [0.1, 0.15) is 60.3 Å². The van der Waals surface area contributed by atoms with E-state index in [0.717, 1.165) is 28.5 Å². The second kappa shape index (κ2) is 9.86. The van der Waals surface area contributed by atoms with Gasteiger partial charge < -0.3 is 20.2 Å². The van der Waals surface area contributed by atoms with Crippen molar-refractivity contribution in [1.29, 1.82) is 0 Å². The van der Waals surface area contributed by atoms with E-state index in [1.165, 1.54) is 18.3 Å². The maximum absolute atomic E-state index is 13.9. The van der Waals surface area contributed by atoms with Crippen LogP contribution in [-0.2, 0) is 0 Å². The van der Waals surface area contributed by atoms with E-state index in [9.17, 15) is 14.3 Å². The summed E-state index contributed by atoms with van der Waals surface area (Å²) in [5.41, 5.74) is 1.51. The van der Waals surface area contributed by atoms with E-state index in [-0.39, 0.29) is 35.0 Å². The van der Waals surface area contributed by atoms with Gasteiger partial charge in [-0.2, -0.15) is 0 Å². The summed E-state index contributed by atoms with van der Waals surface area (Å²) in [7, 11) is 0. The molecule has 7 heterocycles. The van der Waals surface area contributed by atoms with Crippen molar-refractivity contribution >= 4 is 50.9 Å². The van der Waals surface area contributed by atoms with Crippen LogP contribution in [-0.4, -0.2) is 72.1 Å². The number of aliphatic imine (C=N–C) groups is 1. The molecule has 0 aliphatic carbocycles. The van der Waals surface area contributed by atoms with Crippen molar-refractivity contribution in [2.24, 2.45) is 4.99 Å². The molecule has 2 bridgehead atoms. The van der Waals surface area contributed by atoms with Crippen LogP contribution in [0.2, 0.25) is 0 Å². The van der Waals surface area contributed by atoms with E-state index in [4.69, 9.17) is 4.98 Å². The fourth-order valence-corrected chi connectivity index (χ4v) is 7.16. The van der Waals surface area contributed by atoms with Crippen LogP contribution in [0.25, 0.3) is 0 Å². The lowest BCUT2D eigenvalue weighted by atomic mass is 9.86. The maximum Gasteiger partial charge on any atom is 0.256 e. The first-order valence-corrected chi connectivity index (χ1v) is 14.2. The fourth-order valence-electron chi connectivity index (χ4n) is 5.22. The number of thiazole rings is 1. The molecule has 0 spiro atoms. The maximum atomic E-state index is 13.9. The van der Waals surface area contributed by atoms with Crippen LogP contribution in [0, 0.1) is 5.82 Å². The number of anilines is 3. The van der Waals surface area contributed by atoms with Crippen LogP contribution < -0.4 is 10.2 Å². The number of amides is 1. The van der Waals surface area contributed by atoms with Gasteiger partial charge in [0.25, 0.3) is 5.91 Å². The summed E-state index contributed by atoms with van der Waals surface area (Å²) in [5.74, 6) is 0.305. The molecule has 3 saturated heterocycles. The first-order chi connectivity index (χ1) is 18.3. The second-order valence-corrected chi connectivity index (χ2v) is 12.0. The summed E-state index contributed by atoms with van der Waals surface area (Å²) in [5, 5.41) is 17.1. The number of halogens is 1. The standard InChI is InChI=1S/C25H27FN8O2S2/c1-12-22(38-14(3)29-12)19-11-37-25(30-19)31-20-5-4-15(7-27-20)23(36)34-16-6-17(34)10-33(9-16)24-28-8-18(26)21(32-24)13(2)35/h4-5,7-8,11-13,16-17,22,35H,6,9-10H2,1-3H3,(H,27,30,31)/t12?,13?,16-,17+,22?. The van der Waals surface area contributed by atoms with Gasteiger partial charge in [-0.15, -0.1) is 11.3 Å². The number of rotatable bonds is 6. The Morgan fingerprint density at radius 3 is 2.66 bits per heavy atom. The molecule has 3 aromatic rings. The highest BCUT2D eigenvalue weighted by atomic mass is 32.2. The second-order valence-electron chi connectivity index (χ2n) is 9.80. The smallest absolute Gasteiger partial charge is 0.256 e. The predicted molar refractivity (Wildman–Crippen MR) is 146 cm³/mol. The zero-order valence-corrected chi connectivity index (χ0v) is 22.7. The number of aromatic nitrogens is 4. The Labute approximate surface area is 227 Å². The minimum Gasteiger partial charge on any atom is -0.387 e. The van der Waals surface area contributed by atoms with Gasteiger partial charge in [0.05, 0.1) is 52.0 Å². The lowest BCUT2D eigenvalue weighted by Gasteiger charge is -2.56. The normalized spacial score (nSPS) is 25.1. The molecule has 3 fully saturated rings. The number of aliphatic hydroxyl groups excluding tert-OH is 1. The molecule has 1 amide bonds. The Kier molecular flexibility index (Phi) is 6.52. The number of nitrogens with one attached hydrogen (secondary N) is 1. The first kappa shape index (κ1) is 25.1. The summed E-state index contributed by atoms with van der Waals surface area (Å²) in [6.45, 7) is 6.70. The minimum absolute atomic E-state index is 0.0138. The number of aliphatic hydroxyl groups is 1.